The van der Waals surface area contributed by atoms with E-state index in [4.69, 9.17) is 15.2 Å². The standard InChI is InChI=1S/C16H20N2O2/c1-11-9-13(12(2)17)6-7-15(11)20-10-14-5-4-8-18-16(14)19-3/h4-9,12H,10,17H2,1-3H3/t12-/m1/s1. The predicted molar refractivity (Wildman–Crippen MR) is 78.9 cm³/mol. The molecule has 0 aliphatic carbocycles. The van der Waals surface area contributed by atoms with Gasteiger partial charge in [0, 0.05) is 12.2 Å². The van der Waals surface area contributed by atoms with Crippen molar-refractivity contribution in [2.75, 3.05) is 7.11 Å². The molecule has 0 unspecified atom stereocenters. The molecule has 1 aromatic carbocycles. The SMILES string of the molecule is COc1ncccc1COc1ccc([C@@H](C)N)cc1C. The maximum Gasteiger partial charge on any atom is 0.219 e. The molecule has 0 amide bonds. The van der Waals surface area contributed by atoms with E-state index in [0.717, 1.165) is 22.4 Å². The van der Waals surface area contributed by atoms with Crippen molar-refractivity contribution in [2.45, 2.75) is 26.5 Å². The summed E-state index contributed by atoms with van der Waals surface area (Å²) in [6.45, 7) is 4.41. The van der Waals surface area contributed by atoms with E-state index in [9.17, 15) is 0 Å². The van der Waals surface area contributed by atoms with Crippen LogP contribution in [0.25, 0.3) is 0 Å². The van der Waals surface area contributed by atoms with E-state index in [0.29, 0.717) is 12.5 Å². The zero-order chi connectivity index (χ0) is 14.5. The highest BCUT2D eigenvalue weighted by atomic mass is 16.5. The van der Waals surface area contributed by atoms with E-state index in [1.807, 2.05) is 38.1 Å². The molecule has 2 N–H and O–H groups in total. The predicted octanol–water partition coefficient (Wildman–Crippen LogP) is 3.00. The van der Waals surface area contributed by atoms with Gasteiger partial charge in [-0.3, -0.25) is 0 Å². The van der Waals surface area contributed by atoms with Gasteiger partial charge in [-0.25, -0.2) is 4.98 Å². The molecule has 1 heterocycles. The Morgan fingerprint density at radius 3 is 2.75 bits per heavy atom. The summed E-state index contributed by atoms with van der Waals surface area (Å²) in [5.74, 6) is 1.44. The first kappa shape index (κ1) is 14.3. The zero-order valence-corrected chi connectivity index (χ0v) is 12.1. The van der Waals surface area contributed by atoms with Gasteiger partial charge in [0.15, 0.2) is 0 Å². The largest absolute Gasteiger partial charge is 0.488 e. The second kappa shape index (κ2) is 6.39. The third kappa shape index (κ3) is 3.27. The number of benzene rings is 1. The van der Waals surface area contributed by atoms with Crippen molar-refractivity contribution in [3.05, 3.63) is 53.2 Å². The van der Waals surface area contributed by atoms with E-state index < -0.39 is 0 Å². The summed E-state index contributed by atoms with van der Waals surface area (Å²) in [5, 5.41) is 0. The van der Waals surface area contributed by atoms with Crippen LogP contribution in [-0.2, 0) is 6.61 Å². The van der Waals surface area contributed by atoms with Gasteiger partial charge in [-0.15, -0.1) is 0 Å². The molecule has 4 heteroatoms. The fourth-order valence-electron chi connectivity index (χ4n) is 1.99. The summed E-state index contributed by atoms with van der Waals surface area (Å²) in [4.78, 5) is 4.15. The Labute approximate surface area is 119 Å². The zero-order valence-electron chi connectivity index (χ0n) is 12.1. The normalized spacial score (nSPS) is 12.0. The molecule has 0 radical (unpaired) electrons. The molecule has 0 saturated carbocycles. The summed E-state index contributed by atoms with van der Waals surface area (Å²) in [6.07, 6.45) is 1.70. The van der Waals surface area contributed by atoms with Crippen molar-refractivity contribution in [1.82, 2.24) is 4.98 Å². The number of nitrogens with zero attached hydrogens (tertiary/aromatic N) is 1. The number of hydrogen-bond acceptors (Lipinski definition) is 4. The number of methoxy groups -OCH3 is 1. The highest BCUT2D eigenvalue weighted by molar-refractivity contribution is 5.37. The van der Waals surface area contributed by atoms with Gasteiger partial charge in [0.2, 0.25) is 5.88 Å². The summed E-state index contributed by atoms with van der Waals surface area (Å²) in [6, 6.07) is 9.84. The van der Waals surface area contributed by atoms with E-state index >= 15 is 0 Å². The highest BCUT2D eigenvalue weighted by Gasteiger charge is 2.07. The quantitative estimate of drug-likeness (QED) is 0.909. The molecule has 0 spiro atoms. The summed E-state index contributed by atoms with van der Waals surface area (Å²) < 4.78 is 11.0. The molecule has 0 saturated heterocycles. The van der Waals surface area contributed by atoms with Crippen LogP contribution >= 0.6 is 0 Å². The van der Waals surface area contributed by atoms with Crippen molar-refractivity contribution < 1.29 is 9.47 Å². The van der Waals surface area contributed by atoms with Crippen LogP contribution in [0.2, 0.25) is 0 Å². The van der Waals surface area contributed by atoms with Crippen LogP contribution in [-0.4, -0.2) is 12.1 Å². The van der Waals surface area contributed by atoms with Crippen molar-refractivity contribution >= 4 is 0 Å². The Hall–Kier alpha value is -2.07. The van der Waals surface area contributed by atoms with E-state index in [-0.39, 0.29) is 6.04 Å². The van der Waals surface area contributed by atoms with Gasteiger partial charge in [0.25, 0.3) is 0 Å². The molecule has 0 bridgehead atoms. The minimum absolute atomic E-state index is 0.0289. The smallest absolute Gasteiger partial charge is 0.219 e. The lowest BCUT2D eigenvalue weighted by molar-refractivity contribution is 0.292. The van der Waals surface area contributed by atoms with E-state index in [1.165, 1.54) is 0 Å². The van der Waals surface area contributed by atoms with Crippen LogP contribution in [0, 0.1) is 6.92 Å². The summed E-state index contributed by atoms with van der Waals surface area (Å²) in [5.41, 5.74) is 8.97. The van der Waals surface area contributed by atoms with Gasteiger partial charge < -0.3 is 15.2 Å². The fraction of sp³-hybridized carbons (Fsp3) is 0.312. The lowest BCUT2D eigenvalue weighted by Gasteiger charge is -2.13. The number of rotatable bonds is 5. The molecular weight excluding hydrogens is 252 g/mol. The molecule has 2 aromatic rings. The van der Waals surface area contributed by atoms with Crippen LogP contribution in [0.1, 0.15) is 29.7 Å². The molecule has 4 nitrogen and oxygen atoms in total. The Kier molecular flexibility index (Phi) is 4.58. The number of aromatic nitrogens is 1. The molecule has 0 aliphatic rings. The number of hydrogen-bond donors (Lipinski definition) is 1. The van der Waals surface area contributed by atoms with Crippen LogP contribution in [0.3, 0.4) is 0 Å². The number of aryl methyl sites for hydroxylation is 1. The molecule has 106 valence electrons. The first-order valence-electron chi connectivity index (χ1n) is 6.58. The average Bonchev–Trinajstić information content (AvgIpc) is 2.46. The number of nitrogens with two attached hydrogens (primary N) is 1. The second-order valence-corrected chi connectivity index (χ2v) is 4.77. The van der Waals surface area contributed by atoms with E-state index in [2.05, 4.69) is 11.1 Å². The molecule has 1 atom stereocenters. The van der Waals surface area contributed by atoms with Gasteiger partial charge in [-0.1, -0.05) is 12.1 Å². The lowest BCUT2D eigenvalue weighted by atomic mass is 10.1. The van der Waals surface area contributed by atoms with Crippen molar-refractivity contribution in [3.63, 3.8) is 0 Å². The number of pyridine rings is 1. The van der Waals surface area contributed by atoms with Crippen molar-refractivity contribution in [3.8, 4) is 11.6 Å². The lowest BCUT2D eigenvalue weighted by Crippen LogP contribution is -2.06. The highest BCUT2D eigenvalue weighted by Crippen LogP contribution is 2.24. The Morgan fingerprint density at radius 2 is 2.10 bits per heavy atom. The Morgan fingerprint density at radius 1 is 1.30 bits per heavy atom. The van der Waals surface area contributed by atoms with Crippen LogP contribution in [0.15, 0.2) is 36.5 Å². The number of ether oxygens (including phenoxy) is 2. The van der Waals surface area contributed by atoms with Gasteiger partial charge in [0.1, 0.15) is 12.4 Å². The monoisotopic (exact) mass is 272 g/mol. The fourth-order valence-corrected chi connectivity index (χ4v) is 1.99. The second-order valence-electron chi connectivity index (χ2n) is 4.77. The third-order valence-corrected chi connectivity index (χ3v) is 3.15. The molecule has 1 aromatic heterocycles. The summed E-state index contributed by atoms with van der Waals surface area (Å²) >= 11 is 0. The molecule has 0 fully saturated rings. The minimum atomic E-state index is 0.0289. The molecule has 20 heavy (non-hydrogen) atoms. The van der Waals surface area contributed by atoms with Crippen LogP contribution in [0.5, 0.6) is 11.6 Å². The van der Waals surface area contributed by atoms with E-state index in [1.54, 1.807) is 13.3 Å². The van der Waals surface area contributed by atoms with Crippen LogP contribution in [0.4, 0.5) is 0 Å². The maximum atomic E-state index is 5.87. The Bertz CT molecular complexity index is 582. The van der Waals surface area contributed by atoms with Crippen molar-refractivity contribution in [1.29, 1.82) is 0 Å². The summed E-state index contributed by atoms with van der Waals surface area (Å²) in [7, 11) is 1.61. The topological polar surface area (TPSA) is 57.4 Å². The molecule has 0 aliphatic heterocycles. The Balaban J connectivity index is 2.11. The third-order valence-electron chi connectivity index (χ3n) is 3.15. The first-order valence-corrected chi connectivity index (χ1v) is 6.58. The maximum absolute atomic E-state index is 5.87. The first-order chi connectivity index (χ1) is 9.61. The van der Waals surface area contributed by atoms with Crippen molar-refractivity contribution in [2.24, 2.45) is 5.73 Å². The van der Waals surface area contributed by atoms with Gasteiger partial charge in [-0.2, -0.15) is 0 Å². The minimum Gasteiger partial charge on any atom is -0.488 e. The van der Waals surface area contributed by atoms with Gasteiger partial charge in [0.05, 0.1) is 12.7 Å². The van der Waals surface area contributed by atoms with Gasteiger partial charge >= 0.3 is 0 Å². The average molecular weight is 272 g/mol. The van der Waals surface area contributed by atoms with Crippen LogP contribution < -0.4 is 15.2 Å². The molecule has 2 rings (SSSR count). The van der Waals surface area contributed by atoms with Gasteiger partial charge in [-0.05, 0) is 43.2 Å². The molecular formula is C16H20N2O2.